The maximum Gasteiger partial charge on any atom is 0.141 e. The first-order valence-electron chi connectivity index (χ1n) is 6.30. The highest BCUT2D eigenvalue weighted by Crippen LogP contribution is 2.24. The summed E-state index contributed by atoms with van der Waals surface area (Å²) in [5, 5.41) is 0. The molecule has 0 saturated carbocycles. The van der Waals surface area contributed by atoms with Crippen LogP contribution in [0.3, 0.4) is 0 Å². The molecule has 0 spiro atoms. The van der Waals surface area contributed by atoms with Crippen LogP contribution in [0.5, 0.6) is 0 Å². The van der Waals surface area contributed by atoms with E-state index in [1.807, 2.05) is 19.1 Å². The standard InChI is InChI=1S/C15H23NO2/c1-11-7-5-6-8-14(11)12(2)13(3)18-10-15(4,16)9-17/h5-9,12-13H,10,16H2,1-4H3/t12-,13+,15+/m1/s1. The van der Waals surface area contributed by atoms with Crippen molar-refractivity contribution in [3.8, 4) is 0 Å². The molecule has 0 aliphatic rings. The third kappa shape index (κ3) is 3.93. The molecule has 3 atom stereocenters. The summed E-state index contributed by atoms with van der Waals surface area (Å²) in [7, 11) is 0. The van der Waals surface area contributed by atoms with Crippen molar-refractivity contribution in [1.29, 1.82) is 0 Å². The van der Waals surface area contributed by atoms with Crippen molar-refractivity contribution in [2.24, 2.45) is 5.73 Å². The van der Waals surface area contributed by atoms with Crippen molar-refractivity contribution >= 4 is 6.29 Å². The van der Waals surface area contributed by atoms with E-state index in [-0.39, 0.29) is 18.6 Å². The van der Waals surface area contributed by atoms with Gasteiger partial charge >= 0.3 is 0 Å². The Morgan fingerprint density at radius 2 is 2.00 bits per heavy atom. The van der Waals surface area contributed by atoms with Gasteiger partial charge in [0.2, 0.25) is 0 Å². The topological polar surface area (TPSA) is 52.3 Å². The van der Waals surface area contributed by atoms with Gasteiger partial charge in [-0.1, -0.05) is 31.2 Å². The molecule has 0 radical (unpaired) electrons. The quantitative estimate of drug-likeness (QED) is 0.788. The van der Waals surface area contributed by atoms with Crippen molar-refractivity contribution in [1.82, 2.24) is 0 Å². The van der Waals surface area contributed by atoms with Crippen molar-refractivity contribution < 1.29 is 9.53 Å². The van der Waals surface area contributed by atoms with Crippen LogP contribution >= 0.6 is 0 Å². The van der Waals surface area contributed by atoms with Crippen LogP contribution in [0.2, 0.25) is 0 Å². The van der Waals surface area contributed by atoms with Gasteiger partial charge in [0.05, 0.1) is 18.2 Å². The van der Waals surface area contributed by atoms with Gasteiger partial charge < -0.3 is 15.3 Å². The number of benzene rings is 1. The van der Waals surface area contributed by atoms with E-state index in [0.717, 1.165) is 6.29 Å². The van der Waals surface area contributed by atoms with E-state index in [2.05, 4.69) is 26.0 Å². The Morgan fingerprint density at radius 3 is 2.56 bits per heavy atom. The van der Waals surface area contributed by atoms with E-state index in [1.54, 1.807) is 6.92 Å². The zero-order chi connectivity index (χ0) is 13.8. The minimum absolute atomic E-state index is 0.0222. The van der Waals surface area contributed by atoms with Gasteiger partial charge in [0.1, 0.15) is 6.29 Å². The van der Waals surface area contributed by atoms with E-state index in [1.165, 1.54) is 11.1 Å². The molecule has 1 aromatic rings. The molecular formula is C15H23NO2. The average molecular weight is 249 g/mol. The molecule has 0 aromatic heterocycles. The summed E-state index contributed by atoms with van der Waals surface area (Å²) in [4.78, 5) is 10.7. The summed E-state index contributed by atoms with van der Waals surface area (Å²) < 4.78 is 5.71. The molecule has 0 aliphatic heterocycles. The van der Waals surface area contributed by atoms with Crippen molar-refractivity contribution in [3.05, 3.63) is 35.4 Å². The molecule has 0 amide bonds. The van der Waals surface area contributed by atoms with Crippen LogP contribution in [0.15, 0.2) is 24.3 Å². The average Bonchev–Trinajstić information content (AvgIpc) is 2.36. The van der Waals surface area contributed by atoms with Crippen LogP contribution in [-0.4, -0.2) is 24.5 Å². The maximum absolute atomic E-state index is 10.7. The minimum Gasteiger partial charge on any atom is -0.376 e. The second-order valence-electron chi connectivity index (χ2n) is 5.29. The van der Waals surface area contributed by atoms with Crippen LogP contribution in [0.1, 0.15) is 37.8 Å². The Hall–Kier alpha value is -1.19. The molecule has 3 nitrogen and oxygen atoms in total. The van der Waals surface area contributed by atoms with Gasteiger partial charge in [0.25, 0.3) is 0 Å². The van der Waals surface area contributed by atoms with Gasteiger partial charge in [-0.3, -0.25) is 0 Å². The van der Waals surface area contributed by atoms with Crippen LogP contribution in [0.25, 0.3) is 0 Å². The molecule has 1 aromatic carbocycles. The normalized spacial score (nSPS) is 17.8. The highest BCUT2D eigenvalue weighted by molar-refractivity contribution is 5.63. The Bertz CT molecular complexity index is 401. The smallest absolute Gasteiger partial charge is 0.141 e. The fourth-order valence-electron chi connectivity index (χ4n) is 1.84. The Kier molecular flexibility index (Phi) is 5.05. The Morgan fingerprint density at radius 1 is 1.39 bits per heavy atom. The lowest BCUT2D eigenvalue weighted by Crippen LogP contribution is -2.44. The number of aryl methyl sites for hydroxylation is 1. The summed E-state index contributed by atoms with van der Waals surface area (Å²) in [6, 6.07) is 8.27. The molecule has 0 aliphatic carbocycles. The number of nitrogens with two attached hydrogens (primary N) is 1. The van der Waals surface area contributed by atoms with Gasteiger partial charge in [0, 0.05) is 5.92 Å². The van der Waals surface area contributed by atoms with E-state index in [4.69, 9.17) is 10.5 Å². The summed E-state index contributed by atoms with van der Waals surface area (Å²) in [5.41, 5.74) is 7.37. The first kappa shape index (κ1) is 14.9. The van der Waals surface area contributed by atoms with Crippen molar-refractivity contribution in [2.75, 3.05) is 6.61 Å². The number of rotatable bonds is 6. The molecule has 2 N–H and O–H groups in total. The predicted molar refractivity (Wildman–Crippen MR) is 73.7 cm³/mol. The fraction of sp³-hybridized carbons (Fsp3) is 0.533. The third-order valence-electron chi connectivity index (χ3n) is 3.31. The highest BCUT2D eigenvalue weighted by atomic mass is 16.5. The second-order valence-corrected chi connectivity index (χ2v) is 5.29. The summed E-state index contributed by atoms with van der Waals surface area (Å²) in [6.07, 6.45) is 0.756. The fourth-order valence-corrected chi connectivity index (χ4v) is 1.84. The highest BCUT2D eigenvalue weighted by Gasteiger charge is 2.22. The van der Waals surface area contributed by atoms with E-state index >= 15 is 0 Å². The molecule has 1 rings (SSSR count). The van der Waals surface area contributed by atoms with Crippen LogP contribution in [0, 0.1) is 6.92 Å². The predicted octanol–water partition coefficient (Wildman–Crippen LogP) is 2.42. The summed E-state index contributed by atoms with van der Waals surface area (Å²) in [5.74, 6) is 0.272. The number of aldehydes is 1. The lowest BCUT2D eigenvalue weighted by molar-refractivity contribution is -0.114. The van der Waals surface area contributed by atoms with Gasteiger partial charge in [0.15, 0.2) is 0 Å². The number of ether oxygens (including phenoxy) is 1. The summed E-state index contributed by atoms with van der Waals surface area (Å²) in [6.45, 7) is 8.15. The van der Waals surface area contributed by atoms with Gasteiger partial charge in [-0.2, -0.15) is 0 Å². The van der Waals surface area contributed by atoms with Gasteiger partial charge in [-0.15, -0.1) is 0 Å². The zero-order valence-corrected chi connectivity index (χ0v) is 11.6. The molecule has 0 bridgehead atoms. The molecule has 0 fully saturated rings. The Balaban J connectivity index is 2.65. The minimum atomic E-state index is -0.903. The third-order valence-corrected chi connectivity index (χ3v) is 3.31. The first-order valence-corrected chi connectivity index (χ1v) is 6.30. The molecule has 0 saturated heterocycles. The van der Waals surface area contributed by atoms with E-state index < -0.39 is 5.54 Å². The lowest BCUT2D eigenvalue weighted by atomic mass is 9.92. The zero-order valence-electron chi connectivity index (χ0n) is 11.6. The maximum atomic E-state index is 10.7. The molecule has 3 heteroatoms. The van der Waals surface area contributed by atoms with E-state index in [9.17, 15) is 4.79 Å². The second kappa shape index (κ2) is 6.12. The Labute approximate surface area is 109 Å². The van der Waals surface area contributed by atoms with Crippen LogP contribution in [-0.2, 0) is 9.53 Å². The molecular weight excluding hydrogens is 226 g/mol. The first-order chi connectivity index (χ1) is 8.37. The number of hydrogen-bond acceptors (Lipinski definition) is 3. The number of carbonyl (C=O) groups excluding carboxylic acids is 1. The molecule has 0 heterocycles. The van der Waals surface area contributed by atoms with Gasteiger partial charge in [-0.25, -0.2) is 0 Å². The monoisotopic (exact) mass is 249 g/mol. The molecule has 0 unspecified atom stereocenters. The molecule has 100 valence electrons. The van der Waals surface area contributed by atoms with Crippen molar-refractivity contribution in [2.45, 2.75) is 45.3 Å². The number of hydrogen-bond donors (Lipinski definition) is 1. The number of carbonyl (C=O) groups is 1. The largest absolute Gasteiger partial charge is 0.376 e. The summed E-state index contributed by atoms with van der Waals surface area (Å²) >= 11 is 0. The molecule has 18 heavy (non-hydrogen) atoms. The lowest BCUT2D eigenvalue weighted by Gasteiger charge is -2.26. The van der Waals surface area contributed by atoms with Crippen molar-refractivity contribution in [3.63, 3.8) is 0 Å². The van der Waals surface area contributed by atoms with Gasteiger partial charge in [-0.05, 0) is 31.9 Å². The SMILES string of the molecule is Cc1ccccc1[C@H](C)[C@H](C)OC[C@@](C)(N)C=O. The van der Waals surface area contributed by atoms with Crippen LogP contribution < -0.4 is 5.73 Å². The van der Waals surface area contributed by atoms with Crippen LogP contribution in [0.4, 0.5) is 0 Å². The van der Waals surface area contributed by atoms with E-state index in [0.29, 0.717) is 0 Å².